The Kier molecular flexibility index (Phi) is 3.21. The van der Waals surface area contributed by atoms with Gasteiger partial charge in [0.2, 0.25) is 0 Å². The lowest BCUT2D eigenvalue weighted by atomic mass is 9.98. The molecule has 1 rings (SSSR count). The zero-order valence-corrected chi connectivity index (χ0v) is 10.8. The minimum absolute atomic E-state index is 0.0807. The smallest absolute Gasteiger partial charge is 0.0913 e. The summed E-state index contributed by atoms with van der Waals surface area (Å²) in [4.78, 5) is 2.43. The molecule has 1 heterocycles. The molecule has 0 aliphatic heterocycles. The van der Waals surface area contributed by atoms with Crippen molar-refractivity contribution in [1.82, 2.24) is 0 Å². The first-order valence-corrected chi connectivity index (χ1v) is 5.78. The second-order valence-corrected chi connectivity index (χ2v) is 6.14. The number of thiophene rings is 1. The summed E-state index contributed by atoms with van der Waals surface area (Å²) in [5.74, 6) is 6.42. The van der Waals surface area contributed by atoms with E-state index in [9.17, 15) is 0 Å². The molecule has 0 nitrogen and oxygen atoms in total. The average molecular weight is 257 g/mol. The third-order valence-electron chi connectivity index (χ3n) is 1.36. The van der Waals surface area contributed by atoms with E-state index in [0.29, 0.717) is 0 Å². The first-order chi connectivity index (χ1) is 5.88. The van der Waals surface area contributed by atoms with Crippen LogP contribution in [0.1, 0.15) is 30.5 Å². The highest BCUT2D eigenvalue weighted by atomic mass is 79.9. The number of halogens is 1. The predicted molar refractivity (Wildman–Crippen MR) is 63.1 cm³/mol. The van der Waals surface area contributed by atoms with Gasteiger partial charge in [0.05, 0.1) is 4.88 Å². The van der Waals surface area contributed by atoms with Crippen LogP contribution in [0.15, 0.2) is 10.5 Å². The topological polar surface area (TPSA) is 0 Å². The molecule has 0 fully saturated rings. The van der Waals surface area contributed by atoms with Crippen molar-refractivity contribution in [2.75, 3.05) is 0 Å². The van der Waals surface area contributed by atoms with Crippen molar-refractivity contribution in [2.45, 2.75) is 27.7 Å². The van der Waals surface area contributed by atoms with E-state index in [1.165, 1.54) is 4.88 Å². The van der Waals surface area contributed by atoms with Crippen LogP contribution in [0, 0.1) is 24.2 Å². The highest BCUT2D eigenvalue weighted by Gasteiger charge is 2.05. The Morgan fingerprint density at radius 1 is 1.38 bits per heavy atom. The van der Waals surface area contributed by atoms with Crippen LogP contribution < -0.4 is 0 Å². The highest BCUT2D eigenvalue weighted by Crippen LogP contribution is 2.26. The number of hydrogen-bond donors (Lipinski definition) is 0. The molecule has 0 bridgehead atoms. The van der Waals surface area contributed by atoms with E-state index in [1.54, 1.807) is 11.3 Å². The monoisotopic (exact) mass is 256 g/mol. The van der Waals surface area contributed by atoms with Crippen LogP contribution in [0.4, 0.5) is 0 Å². The van der Waals surface area contributed by atoms with E-state index < -0.39 is 0 Å². The quantitative estimate of drug-likeness (QED) is 0.610. The Morgan fingerprint density at radius 2 is 2.00 bits per heavy atom. The maximum atomic E-state index is 3.49. The summed E-state index contributed by atoms with van der Waals surface area (Å²) < 4.78 is 1.12. The Bertz CT molecular complexity index is 358. The van der Waals surface area contributed by atoms with E-state index in [1.807, 2.05) is 0 Å². The molecule has 0 aliphatic rings. The Labute approximate surface area is 92.5 Å². The van der Waals surface area contributed by atoms with Gasteiger partial charge in [-0.15, -0.1) is 11.3 Å². The normalized spacial score (nSPS) is 10.8. The van der Waals surface area contributed by atoms with Gasteiger partial charge in [0.15, 0.2) is 0 Å². The van der Waals surface area contributed by atoms with Gasteiger partial charge in [-0.1, -0.05) is 11.8 Å². The average Bonchev–Trinajstić information content (AvgIpc) is 2.24. The molecule has 0 saturated carbocycles. The van der Waals surface area contributed by atoms with Crippen molar-refractivity contribution < 1.29 is 0 Å². The predicted octanol–water partition coefficient (Wildman–Crippen LogP) is 4.22. The summed E-state index contributed by atoms with van der Waals surface area (Å²) in [7, 11) is 0. The standard InChI is InChI=1S/C11H13BrS/c1-8-7-9(12)10(13-8)5-6-11(2,3)4/h7H,1-4H3. The third-order valence-corrected chi connectivity index (χ3v) is 3.21. The molecule has 0 N–H and O–H groups in total. The molecule has 0 saturated heterocycles. The Morgan fingerprint density at radius 3 is 2.38 bits per heavy atom. The number of rotatable bonds is 0. The van der Waals surface area contributed by atoms with Gasteiger partial charge < -0.3 is 0 Å². The van der Waals surface area contributed by atoms with Crippen LogP contribution in [0.25, 0.3) is 0 Å². The van der Waals surface area contributed by atoms with Gasteiger partial charge in [0.25, 0.3) is 0 Å². The molecule has 0 radical (unpaired) electrons. The lowest BCUT2D eigenvalue weighted by Gasteiger charge is -2.06. The van der Waals surface area contributed by atoms with Crippen LogP contribution in [-0.4, -0.2) is 0 Å². The van der Waals surface area contributed by atoms with Gasteiger partial charge in [0, 0.05) is 14.8 Å². The Hall–Kier alpha value is -0.260. The summed E-state index contributed by atoms with van der Waals surface area (Å²) in [5, 5.41) is 0. The van der Waals surface area contributed by atoms with Crippen LogP contribution in [-0.2, 0) is 0 Å². The van der Waals surface area contributed by atoms with Crippen molar-refractivity contribution in [2.24, 2.45) is 5.41 Å². The largest absolute Gasteiger partial charge is 0.131 e. The minimum Gasteiger partial charge on any atom is -0.131 e. The molecule has 70 valence electrons. The zero-order valence-electron chi connectivity index (χ0n) is 8.36. The SMILES string of the molecule is Cc1cc(Br)c(C#CC(C)(C)C)s1. The number of aryl methyl sites for hydroxylation is 1. The van der Waals surface area contributed by atoms with E-state index in [4.69, 9.17) is 0 Å². The molecule has 13 heavy (non-hydrogen) atoms. The van der Waals surface area contributed by atoms with Gasteiger partial charge in [-0.2, -0.15) is 0 Å². The molecular weight excluding hydrogens is 244 g/mol. The van der Waals surface area contributed by atoms with E-state index in [0.717, 1.165) is 9.35 Å². The maximum absolute atomic E-state index is 3.49. The molecule has 0 spiro atoms. The van der Waals surface area contributed by atoms with E-state index in [2.05, 4.69) is 61.5 Å². The fourth-order valence-electron chi connectivity index (χ4n) is 0.813. The fourth-order valence-corrected chi connectivity index (χ4v) is 2.41. The van der Waals surface area contributed by atoms with Crippen LogP contribution in [0.3, 0.4) is 0 Å². The molecule has 0 atom stereocenters. The summed E-state index contributed by atoms with van der Waals surface area (Å²) in [5.41, 5.74) is 0.0807. The van der Waals surface area contributed by atoms with Gasteiger partial charge in [-0.25, -0.2) is 0 Å². The van der Waals surface area contributed by atoms with Crippen LogP contribution >= 0.6 is 27.3 Å². The fraction of sp³-hybridized carbons (Fsp3) is 0.455. The number of hydrogen-bond acceptors (Lipinski definition) is 1. The summed E-state index contributed by atoms with van der Waals surface area (Å²) >= 11 is 5.23. The van der Waals surface area contributed by atoms with Gasteiger partial charge in [0.1, 0.15) is 0 Å². The first-order valence-electron chi connectivity index (χ1n) is 4.17. The molecule has 0 aliphatic carbocycles. The van der Waals surface area contributed by atoms with E-state index in [-0.39, 0.29) is 5.41 Å². The zero-order chi connectivity index (χ0) is 10.1. The second kappa shape index (κ2) is 3.86. The van der Waals surface area contributed by atoms with Gasteiger partial charge in [-0.05, 0) is 49.7 Å². The molecule has 1 aromatic heterocycles. The van der Waals surface area contributed by atoms with Gasteiger partial charge in [-0.3, -0.25) is 0 Å². The lowest BCUT2D eigenvalue weighted by Crippen LogP contribution is -1.99. The highest BCUT2D eigenvalue weighted by molar-refractivity contribution is 9.10. The van der Waals surface area contributed by atoms with E-state index >= 15 is 0 Å². The Balaban J connectivity index is 2.96. The van der Waals surface area contributed by atoms with Crippen LogP contribution in [0.2, 0.25) is 0 Å². The van der Waals surface area contributed by atoms with Crippen molar-refractivity contribution in [3.63, 3.8) is 0 Å². The molecule has 2 heteroatoms. The first kappa shape index (κ1) is 10.8. The third kappa shape index (κ3) is 3.54. The van der Waals surface area contributed by atoms with Gasteiger partial charge >= 0.3 is 0 Å². The van der Waals surface area contributed by atoms with Crippen molar-refractivity contribution in [3.8, 4) is 11.8 Å². The molecule has 0 aromatic carbocycles. The molecule has 0 unspecified atom stereocenters. The van der Waals surface area contributed by atoms with Crippen molar-refractivity contribution >= 4 is 27.3 Å². The van der Waals surface area contributed by atoms with Crippen LogP contribution in [0.5, 0.6) is 0 Å². The summed E-state index contributed by atoms with van der Waals surface area (Å²) in [6, 6.07) is 2.11. The minimum atomic E-state index is 0.0807. The second-order valence-electron chi connectivity index (χ2n) is 4.03. The molecule has 1 aromatic rings. The lowest BCUT2D eigenvalue weighted by molar-refractivity contribution is 0.571. The maximum Gasteiger partial charge on any atom is 0.0913 e. The summed E-state index contributed by atoms with van der Waals surface area (Å²) in [6.45, 7) is 8.45. The molecule has 0 amide bonds. The van der Waals surface area contributed by atoms with Crippen molar-refractivity contribution in [1.29, 1.82) is 0 Å². The molecular formula is C11H13BrS. The van der Waals surface area contributed by atoms with Crippen molar-refractivity contribution in [3.05, 3.63) is 20.3 Å². The summed E-state index contributed by atoms with van der Waals surface area (Å²) in [6.07, 6.45) is 0.